The van der Waals surface area contributed by atoms with Gasteiger partial charge in [-0.15, -0.1) is 0 Å². The summed E-state index contributed by atoms with van der Waals surface area (Å²) in [4.78, 5) is 15.3. The van der Waals surface area contributed by atoms with Gasteiger partial charge in [0.25, 0.3) is 0 Å². The Hall–Kier alpha value is -1.43. The van der Waals surface area contributed by atoms with Crippen molar-refractivity contribution in [3.8, 4) is 0 Å². The molecule has 0 aliphatic rings. The van der Waals surface area contributed by atoms with Crippen LogP contribution in [0.15, 0.2) is 6.33 Å². The van der Waals surface area contributed by atoms with Gasteiger partial charge in [-0.25, -0.2) is 4.98 Å². The van der Waals surface area contributed by atoms with E-state index in [-0.39, 0.29) is 11.9 Å². The average molecular weight is 197 g/mol. The van der Waals surface area contributed by atoms with E-state index in [4.69, 9.17) is 0 Å². The number of rotatable bonds is 4. The zero-order valence-electron chi connectivity index (χ0n) is 8.61. The predicted molar refractivity (Wildman–Crippen MR) is 51.4 cm³/mol. The van der Waals surface area contributed by atoms with Gasteiger partial charge in [0.2, 0.25) is 5.91 Å². The fraction of sp³-hybridized carbons (Fsp3) is 0.625. The second-order valence-electron chi connectivity index (χ2n) is 3.06. The number of carbonyl (C=O) groups is 1. The number of aryl methyl sites for hydroxylation is 1. The van der Waals surface area contributed by atoms with Crippen molar-refractivity contribution in [1.29, 1.82) is 0 Å². The summed E-state index contributed by atoms with van der Waals surface area (Å²) < 4.78 is 1.60. The summed E-state index contributed by atoms with van der Waals surface area (Å²) in [5.41, 5.74) is 0. The molecule has 14 heavy (non-hydrogen) atoms. The second-order valence-corrected chi connectivity index (χ2v) is 3.06. The van der Waals surface area contributed by atoms with E-state index in [2.05, 4.69) is 20.7 Å². The molecule has 78 valence electrons. The van der Waals surface area contributed by atoms with Crippen molar-refractivity contribution in [2.75, 3.05) is 7.05 Å². The maximum Gasteiger partial charge on any atom is 0.237 e. The van der Waals surface area contributed by atoms with Crippen LogP contribution in [0.25, 0.3) is 0 Å². The van der Waals surface area contributed by atoms with Crippen molar-refractivity contribution in [1.82, 2.24) is 25.4 Å². The molecule has 1 aromatic rings. The van der Waals surface area contributed by atoms with Crippen molar-refractivity contribution in [3.63, 3.8) is 0 Å². The lowest BCUT2D eigenvalue weighted by atomic mass is 10.3. The molecule has 1 rings (SSSR count). The van der Waals surface area contributed by atoms with Crippen LogP contribution in [0.5, 0.6) is 0 Å². The Labute approximate surface area is 82.7 Å². The summed E-state index contributed by atoms with van der Waals surface area (Å²) in [7, 11) is 3.53. The van der Waals surface area contributed by atoms with Crippen LogP contribution in [-0.4, -0.2) is 33.8 Å². The van der Waals surface area contributed by atoms with Crippen LogP contribution < -0.4 is 10.6 Å². The van der Waals surface area contributed by atoms with Crippen molar-refractivity contribution in [3.05, 3.63) is 12.2 Å². The molecule has 6 nitrogen and oxygen atoms in total. The zero-order chi connectivity index (χ0) is 10.6. The van der Waals surface area contributed by atoms with Crippen molar-refractivity contribution < 1.29 is 4.79 Å². The standard InChI is InChI=1S/C8H15N5O/c1-6(9-2)8(14)10-4-7-11-5-13(3)12-7/h5-6,9H,4H2,1-3H3,(H,10,14). The van der Waals surface area contributed by atoms with Gasteiger partial charge >= 0.3 is 0 Å². The molecule has 0 aliphatic carbocycles. The molecule has 0 saturated carbocycles. The van der Waals surface area contributed by atoms with Gasteiger partial charge in [-0.05, 0) is 14.0 Å². The largest absolute Gasteiger partial charge is 0.347 e. The van der Waals surface area contributed by atoms with Gasteiger partial charge in [-0.1, -0.05) is 0 Å². The summed E-state index contributed by atoms with van der Waals surface area (Å²) in [5.74, 6) is 0.559. The molecule has 0 spiro atoms. The Morgan fingerprint density at radius 1 is 1.71 bits per heavy atom. The van der Waals surface area contributed by atoms with Crippen LogP contribution in [0, 0.1) is 0 Å². The summed E-state index contributed by atoms with van der Waals surface area (Å²) in [6.45, 7) is 2.16. The molecule has 1 amide bonds. The third-order valence-electron chi connectivity index (χ3n) is 1.89. The van der Waals surface area contributed by atoms with Gasteiger partial charge < -0.3 is 10.6 Å². The van der Waals surface area contributed by atoms with E-state index < -0.39 is 0 Å². The van der Waals surface area contributed by atoms with E-state index in [1.165, 1.54) is 0 Å². The number of nitrogens with zero attached hydrogens (tertiary/aromatic N) is 3. The van der Waals surface area contributed by atoms with Gasteiger partial charge in [0.15, 0.2) is 5.82 Å². The Bertz CT molecular complexity index is 308. The molecule has 1 heterocycles. The third-order valence-corrected chi connectivity index (χ3v) is 1.89. The first-order valence-corrected chi connectivity index (χ1v) is 4.43. The number of hydrogen-bond acceptors (Lipinski definition) is 4. The zero-order valence-corrected chi connectivity index (χ0v) is 8.61. The molecule has 0 bridgehead atoms. The Balaban J connectivity index is 2.37. The monoisotopic (exact) mass is 197 g/mol. The van der Waals surface area contributed by atoms with Gasteiger partial charge in [0.05, 0.1) is 12.6 Å². The molecule has 0 radical (unpaired) electrons. The lowest BCUT2D eigenvalue weighted by Crippen LogP contribution is -2.40. The van der Waals surface area contributed by atoms with Crippen LogP contribution in [0.1, 0.15) is 12.7 Å². The highest BCUT2D eigenvalue weighted by molar-refractivity contribution is 5.81. The lowest BCUT2D eigenvalue weighted by Gasteiger charge is -2.09. The Morgan fingerprint density at radius 2 is 2.43 bits per heavy atom. The number of likely N-dealkylation sites (N-methyl/N-ethyl adjacent to an activating group) is 1. The molecule has 0 fully saturated rings. The molecule has 1 atom stereocenters. The average Bonchev–Trinajstić information content (AvgIpc) is 2.59. The fourth-order valence-electron chi connectivity index (χ4n) is 0.915. The van der Waals surface area contributed by atoms with Crippen LogP contribution in [0.4, 0.5) is 0 Å². The molecule has 2 N–H and O–H groups in total. The van der Waals surface area contributed by atoms with E-state index in [1.807, 2.05) is 0 Å². The van der Waals surface area contributed by atoms with Gasteiger partial charge in [-0.2, -0.15) is 5.10 Å². The summed E-state index contributed by atoms with van der Waals surface area (Å²) in [6, 6.07) is -0.196. The summed E-state index contributed by atoms with van der Waals surface area (Å²) in [5, 5.41) is 9.61. The fourth-order valence-corrected chi connectivity index (χ4v) is 0.915. The van der Waals surface area contributed by atoms with Crippen LogP contribution in [0.2, 0.25) is 0 Å². The van der Waals surface area contributed by atoms with Gasteiger partial charge in [0, 0.05) is 7.05 Å². The topological polar surface area (TPSA) is 71.8 Å². The van der Waals surface area contributed by atoms with Crippen LogP contribution in [0.3, 0.4) is 0 Å². The SMILES string of the molecule is CNC(C)C(=O)NCc1ncn(C)n1. The van der Waals surface area contributed by atoms with Crippen molar-refractivity contribution in [2.45, 2.75) is 19.5 Å². The predicted octanol–water partition coefficient (Wildman–Crippen LogP) is -0.961. The number of carbonyl (C=O) groups excluding carboxylic acids is 1. The summed E-state index contributed by atoms with van der Waals surface area (Å²) in [6.07, 6.45) is 1.60. The number of amides is 1. The molecule has 6 heteroatoms. The molecule has 1 aromatic heterocycles. The highest BCUT2D eigenvalue weighted by atomic mass is 16.2. The first kappa shape index (κ1) is 10.6. The number of hydrogen-bond donors (Lipinski definition) is 2. The van der Waals surface area contributed by atoms with E-state index in [0.29, 0.717) is 12.4 Å². The van der Waals surface area contributed by atoms with Crippen molar-refractivity contribution >= 4 is 5.91 Å². The first-order valence-electron chi connectivity index (χ1n) is 4.43. The van der Waals surface area contributed by atoms with E-state index >= 15 is 0 Å². The maximum atomic E-state index is 11.3. The molecular weight excluding hydrogens is 182 g/mol. The van der Waals surface area contributed by atoms with Crippen molar-refractivity contribution in [2.24, 2.45) is 7.05 Å². The van der Waals surface area contributed by atoms with Crippen LogP contribution in [-0.2, 0) is 18.4 Å². The normalized spacial score (nSPS) is 12.5. The number of nitrogens with one attached hydrogen (secondary N) is 2. The molecule has 0 aromatic carbocycles. The Morgan fingerprint density at radius 3 is 2.93 bits per heavy atom. The van der Waals surface area contributed by atoms with Crippen LogP contribution >= 0.6 is 0 Å². The highest BCUT2D eigenvalue weighted by Crippen LogP contribution is 1.88. The van der Waals surface area contributed by atoms with E-state index in [1.54, 1.807) is 32.0 Å². The minimum atomic E-state index is -0.196. The van der Waals surface area contributed by atoms with E-state index in [0.717, 1.165) is 0 Å². The van der Waals surface area contributed by atoms with Gasteiger partial charge in [-0.3, -0.25) is 9.48 Å². The lowest BCUT2D eigenvalue weighted by molar-refractivity contribution is -0.122. The maximum absolute atomic E-state index is 11.3. The molecular formula is C8H15N5O. The smallest absolute Gasteiger partial charge is 0.237 e. The Kier molecular flexibility index (Phi) is 3.58. The minimum absolute atomic E-state index is 0.0556. The molecule has 1 unspecified atom stereocenters. The summed E-state index contributed by atoms with van der Waals surface area (Å²) >= 11 is 0. The number of aromatic nitrogens is 3. The van der Waals surface area contributed by atoms with Gasteiger partial charge in [0.1, 0.15) is 6.33 Å². The first-order chi connectivity index (χ1) is 6.63. The highest BCUT2D eigenvalue weighted by Gasteiger charge is 2.09. The quantitative estimate of drug-likeness (QED) is 0.652. The minimum Gasteiger partial charge on any atom is -0.347 e. The molecule has 0 aliphatic heterocycles. The van der Waals surface area contributed by atoms with E-state index in [9.17, 15) is 4.79 Å². The third kappa shape index (κ3) is 2.81. The molecule has 0 saturated heterocycles. The second kappa shape index (κ2) is 4.71.